The molecule has 3 rings (SSSR count). The van der Waals surface area contributed by atoms with Gasteiger partial charge >= 0.3 is 0 Å². The second-order valence-corrected chi connectivity index (χ2v) is 5.16. The van der Waals surface area contributed by atoms with Crippen LogP contribution in [0.4, 0.5) is 4.39 Å². The van der Waals surface area contributed by atoms with Gasteiger partial charge in [0.1, 0.15) is 5.82 Å². The molecule has 24 heavy (non-hydrogen) atoms. The van der Waals surface area contributed by atoms with Crippen LogP contribution < -0.4 is 10.9 Å². The number of nitrogens with zero attached hydrogens (tertiary/aromatic N) is 2. The lowest BCUT2D eigenvalue weighted by atomic mass is 10.2. The third-order valence-electron chi connectivity index (χ3n) is 3.54. The summed E-state index contributed by atoms with van der Waals surface area (Å²) in [5, 5.41) is 0. The number of amides is 2. The van der Waals surface area contributed by atoms with E-state index in [0.717, 1.165) is 11.0 Å². The first-order valence-corrected chi connectivity index (χ1v) is 7.39. The van der Waals surface area contributed by atoms with Crippen LogP contribution in [0.2, 0.25) is 0 Å². The van der Waals surface area contributed by atoms with Crippen molar-refractivity contribution in [3.05, 3.63) is 66.2 Å². The second-order valence-electron chi connectivity index (χ2n) is 5.16. The monoisotopic (exact) mass is 326 g/mol. The summed E-state index contributed by atoms with van der Waals surface area (Å²) in [6.07, 6.45) is 1.81. The Balaban J connectivity index is 1.53. The number of hydrogen-bond donors (Lipinski definition) is 2. The quantitative estimate of drug-likeness (QED) is 0.720. The first-order chi connectivity index (χ1) is 11.6. The lowest BCUT2D eigenvalue weighted by Crippen LogP contribution is -2.42. The van der Waals surface area contributed by atoms with E-state index in [1.165, 1.54) is 18.2 Å². The van der Waals surface area contributed by atoms with Gasteiger partial charge in [-0.2, -0.15) is 0 Å². The minimum atomic E-state index is -0.700. The molecule has 6 nitrogen and oxygen atoms in total. The Hall–Kier alpha value is -3.22. The number of imidazole rings is 1. The highest BCUT2D eigenvalue weighted by Crippen LogP contribution is 2.12. The van der Waals surface area contributed by atoms with Crippen molar-refractivity contribution in [2.24, 2.45) is 0 Å². The maximum absolute atomic E-state index is 13.5. The van der Waals surface area contributed by atoms with Crippen LogP contribution in [0.1, 0.15) is 16.8 Å². The highest BCUT2D eigenvalue weighted by Gasteiger charge is 2.11. The van der Waals surface area contributed by atoms with E-state index < -0.39 is 11.7 Å². The summed E-state index contributed by atoms with van der Waals surface area (Å²) in [5.74, 6) is -1.72. The Bertz CT molecular complexity index is 891. The van der Waals surface area contributed by atoms with Crippen molar-refractivity contribution in [2.75, 3.05) is 0 Å². The lowest BCUT2D eigenvalue weighted by Gasteiger charge is -2.08. The van der Waals surface area contributed by atoms with Gasteiger partial charge in [-0.3, -0.25) is 20.4 Å². The normalized spacial score (nSPS) is 10.5. The number of fused-ring (bicyclic) bond motifs is 1. The summed E-state index contributed by atoms with van der Waals surface area (Å²) >= 11 is 0. The molecule has 0 saturated carbocycles. The molecule has 122 valence electrons. The molecule has 0 saturated heterocycles. The number of hydrogen-bond acceptors (Lipinski definition) is 3. The summed E-state index contributed by atoms with van der Waals surface area (Å²) in [4.78, 5) is 27.9. The van der Waals surface area contributed by atoms with Gasteiger partial charge in [-0.1, -0.05) is 24.3 Å². The fourth-order valence-corrected chi connectivity index (χ4v) is 2.31. The topological polar surface area (TPSA) is 76.0 Å². The summed E-state index contributed by atoms with van der Waals surface area (Å²) in [5.41, 5.74) is 6.14. The first kappa shape index (κ1) is 15.7. The standard InChI is InChI=1S/C17H15FN4O2/c18-13-6-2-1-5-12(13)17(24)21-20-16(23)9-10-22-11-19-14-7-3-4-8-15(14)22/h1-8,11H,9-10H2,(H,20,23)(H,21,24). The van der Waals surface area contributed by atoms with E-state index in [1.54, 1.807) is 12.4 Å². The molecule has 1 aromatic heterocycles. The number of aromatic nitrogens is 2. The molecule has 0 aliphatic heterocycles. The van der Waals surface area contributed by atoms with Gasteiger partial charge in [0.15, 0.2) is 0 Å². The van der Waals surface area contributed by atoms with Gasteiger partial charge in [-0.25, -0.2) is 9.37 Å². The molecular formula is C17H15FN4O2. The number of nitrogens with one attached hydrogen (secondary N) is 2. The van der Waals surface area contributed by atoms with E-state index in [4.69, 9.17) is 0 Å². The summed E-state index contributed by atoms with van der Waals surface area (Å²) < 4.78 is 15.3. The van der Waals surface area contributed by atoms with Crippen LogP contribution in [0.5, 0.6) is 0 Å². The summed E-state index contributed by atoms with van der Waals surface area (Å²) in [6, 6.07) is 13.2. The minimum absolute atomic E-state index is 0.126. The van der Waals surface area contributed by atoms with E-state index in [2.05, 4.69) is 15.8 Å². The molecule has 0 fully saturated rings. The average Bonchev–Trinajstić information content (AvgIpc) is 3.01. The molecule has 1 heterocycles. The first-order valence-electron chi connectivity index (χ1n) is 7.39. The highest BCUT2D eigenvalue weighted by atomic mass is 19.1. The van der Waals surface area contributed by atoms with Crippen LogP contribution in [-0.2, 0) is 11.3 Å². The van der Waals surface area contributed by atoms with Gasteiger partial charge in [-0.05, 0) is 24.3 Å². The lowest BCUT2D eigenvalue weighted by molar-refractivity contribution is -0.122. The van der Waals surface area contributed by atoms with E-state index in [1.807, 2.05) is 28.8 Å². The zero-order valence-electron chi connectivity index (χ0n) is 12.7. The van der Waals surface area contributed by atoms with Gasteiger partial charge in [0.2, 0.25) is 5.91 Å². The number of rotatable bonds is 4. The maximum Gasteiger partial charge on any atom is 0.272 e. The van der Waals surface area contributed by atoms with Crippen LogP contribution in [0, 0.1) is 5.82 Å². The SMILES string of the molecule is O=C(CCn1cnc2ccccc21)NNC(=O)c1ccccc1F. The number of aryl methyl sites for hydroxylation is 1. The molecular weight excluding hydrogens is 311 g/mol. The number of carbonyl (C=O) groups is 2. The van der Waals surface area contributed by atoms with Crippen molar-refractivity contribution >= 4 is 22.8 Å². The molecule has 0 unspecified atom stereocenters. The van der Waals surface area contributed by atoms with Crippen LogP contribution in [0.15, 0.2) is 54.9 Å². The zero-order valence-corrected chi connectivity index (χ0v) is 12.7. The third kappa shape index (κ3) is 3.40. The Kier molecular flexibility index (Phi) is 4.51. The third-order valence-corrected chi connectivity index (χ3v) is 3.54. The molecule has 0 spiro atoms. The summed E-state index contributed by atoms with van der Waals surface area (Å²) in [6.45, 7) is 0.419. The van der Waals surface area contributed by atoms with E-state index in [0.29, 0.717) is 6.54 Å². The van der Waals surface area contributed by atoms with Crippen molar-refractivity contribution in [2.45, 2.75) is 13.0 Å². The summed E-state index contributed by atoms with van der Waals surface area (Å²) in [7, 11) is 0. The molecule has 3 aromatic rings. The van der Waals surface area contributed by atoms with Crippen molar-refractivity contribution < 1.29 is 14.0 Å². The van der Waals surface area contributed by atoms with E-state index in [-0.39, 0.29) is 17.9 Å². The van der Waals surface area contributed by atoms with Crippen molar-refractivity contribution in [3.63, 3.8) is 0 Å². The molecule has 0 radical (unpaired) electrons. The van der Waals surface area contributed by atoms with Gasteiger partial charge in [-0.15, -0.1) is 0 Å². The highest BCUT2D eigenvalue weighted by molar-refractivity contribution is 5.95. The number of halogens is 1. The average molecular weight is 326 g/mol. The van der Waals surface area contributed by atoms with E-state index in [9.17, 15) is 14.0 Å². The Morgan fingerprint density at radius 1 is 1.04 bits per heavy atom. The van der Waals surface area contributed by atoms with E-state index >= 15 is 0 Å². The maximum atomic E-state index is 13.5. The smallest absolute Gasteiger partial charge is 0.272 e. The van der Waals surface area contributed by atoms with Gasteiger partial charge in [0, 0.05) is 13.0 Å². The number of para-hydroxylation sites is 2. The zero-order chi connectivity index (χ0) is 16.9. The van der Waals surface area contributed by atoms with Gasteiger partial charge < -0.3 is 4.57 Å². The number of hydrazine groups is 1. The van der Waals surface area contributed by atoms with Crippen molar-refractivity contribution in [1.29, 1.82) is 0 Å². The second kappa shape index (κ2) is 6.91. The van der Waals surface area contributed by atoms with Crippen LogP contribution >= 0.6 is 0 Å². The molecule has 0 bridgehead atoms. The van der Waals surface area contributed by atoms with Crippen molar-refractivity contribution in [3.8, 4) is 0 Å². The predicted molar refractivity (Wildman–Crippen MR) is 86.4 cm³/mol. The fourth-order valence-electron chi connectivity index (χ4n) is 2.31. The van der Waals surface area contributed by atoms with Gasteiger partial charge in [0.25, 0.3) is 5.91 Å². The van der Waals surface area contributed by atoms with Crippen LogP contribution in [0.25, 0.3) is 11.0 Å². The fraction of sp³-hybridized carbons (Fsp3) is 0.118. The molecule has 7 heteroatoms. The Labute approximate surface area is 137 Å². The Morgan fingerprint density at radius 2 is 1.79 bits per heavy atom. The predicted octanol–water partition coefficient (Wildman–Crippen LogP) is 2.03. The van der Waals surface area contributed by atoms with Crippen LogP contribution in [-0.4, -0.2) is 21.4 Å². The minimum Gasteiger partial charge on any atom is -0.330 e. The van der Waals surface area contributed by atoms with Crippen molar-refractivity contribution in [1.82, 2.24) is 20.4 Å². The van der Waals surface area contributed by atoms with Crippen LogP contribution in [0.3, 0.4) is 0 Å². The molecule has 2 amide bonds. The molecule has 0 aliphatic rings. The number of benzene rings is 2. The largest absolute Gasteiger partial charge is 0.330 e. The van der Waals surface area contributed by atoms with Gasteiger partial charge in [0.05, 0.1) is 22.9 Å². The molecule has 0 atom stereocenters. The molecule has 2 aromatic carbocycles. The Morgan fingerprint density at radius 3 is 2.62 bits per heavy atom. The number of carbonyl (C=O) groups excluding carboxylic acids is 2. The molecule has 2 N–H and O–H groups in total. The molecule has 0 aliphatic carbocycles.